The van der Waals surface area contributed by atoms with E-state index in [1.807, 2.05) is 61.6 Å². The van der Waals surface area contributed by atoms with E-state index in [0.717, 1.165) is 34.1 Å². The second kappa shape index (κ2) is 12.8. The molecule has 0 radical (unpaired) electrons. The van der Waals surface area contributed by atoms with Crippen molar-refractivity contribution in [2.75, 3.05) is 19.5 Å². The van der Waals surface area contributed by atoms with Crippen LogP contribution in [0.1, 0.15) is 16.7 Å². The third-order valence-corrected chi connectivity index (χ3v) is 4.52. The highest BCUT2D eigenvalue weighted by Crippen LogP contribution is 2.25. The first-order chi connectivity index (χ1) is 15.1. The maximum Gasteiger partial charge on any atom is 0.221 e. The van der Waals surface area contributed by atoms with Crippen LogP contribution in [0.3, 0.4) is 0 Å². The van der Waals surface area contributed by atoms with Crippen LogP contribution in [0.25, 0.3) is 0 Å². The van der Waals surface area contributed by atoms with Crippen LogP contribution in [-0.4, -0.2) is 20.6 Å². The van der Waals surface area contributed by atoms with Gasteiger partial charge >= 0.3 is 0 Å². The number of anilines is 1. The van der Waals surface area contributed by atoms with E-state index in [1.54, 1.807) is 12.5 Å². The minimum Gasteiger partial charge on any atom is -0.496 e. The molecule has 31 heavy (non-hydrogen) atoms. The van der Waals surface area contributed by atoms with Gasteiger partial charge in [0.2, 0.25) is 6.41 Å². The topological polar surface area (TPSA) is 94.8 Å². The monoisotopic (exact) mass is 423 g/mol. The molecule has 0 aliphatic rings. The van der Waals surface area contributed by atoms with Crippen LogP contribution in [0.2, 0.25) is 0 Å². The lowest BCUT2D eigenvalue weighted by Crippen LogP contribution is -2.18. The number of nitrogens with two attached hydrogens (primary N) is 1. The Bertz CT molecular complexity index is 963. The molecule has 0 aliphatic carbocycles. The van der Waals surface area contributed by atoms with E-state index in [4.69, 9.17) is 19.0 Å². The summed E-state index contributed by atoms with van der Waals surface area (Å²) < 4.78 is 17.3. The fourth-order valence-corrected chi connectivity index (χ4v) is 2.92. The van der Waals surface area contributed by atoms with E-state index in [9.17, 15) is 0 Å². The Hall–Kier alpha value is -3.71. The van der Waals surface area contributed by atoms with E-state index in [1.165, 1.54) is 5.56 Å². The summed E-state index contributed by atoms with van der Waals surface area (Å²) in [6.45, 7) is 3.03. The molecule has 0 atom stereocenters. The summed E-state index contributed by atoms with van der Waals surface area (Å²) in [5.74, 6) is 6.77. The van der Waals surface area contributed by atoms with E-state index in [-0.39, 0.29) is 0 Å². The van der Waals surface area contributed by atoms with Crippen LogP contribution in [-0.2, 0) is 18.0 Å². The Labute approximate surface area is 183 Å². The Morgan fingerprint density at radius 2 is 1.58 bits per heavy atom. The van der Waals surface area contributed by atoms with Crippen molar-refractivity contribution >= 4 is 12.1 Å². The van der Waals surface area contributed by atoms with Crippen LogP contribution >= 0.6 is 0 Å². The van der Waals surface area contributed by atoms with Gasteiger partial charge in [-0.05, 0) is 36.8 Å². The first-order valence-electron chi connectivity index (χ1n) is 9.76. The highest BCUT2D eigenvalue weighted by molar-refractivity contribution is 5.54. The molecule has 0 aliphatic heterocycles. The molecule has 0 saturated carbocycles. The third kappa shape index (κ3) is 7.24. The number of carbonyl (C=O) groups excluding carboxylic acids is 1. The molecule has 0 bridgehead atoms. The lowest BCUT2D eigenvalue weighted by Gasteiger charge is -2.14. The van der Waals surface area contributed by atoms with Crippen molar-refractivity contribution in [2.24, 2.45) is 5.84 Å². The summed E-state index contributed by atoms with van der Waals surface area (Å²) in [6.07, 6.45) is 0.403. The number of benzene rings is 3. The molecule has 4 N–H and O–H groups in total. The number of rotatable bonds is 9. The molecule has 0 saturated heterocycles. The van der Waals surface area contributed by atoms with Crippen molar-refractivity contribution in [3.63, 3.8) is 0 Å². The van der Waals surface area contributed by atoms with Gasteiger partial charge < -0.3 is 19.5 Å². The number of amides is 1. The highest BCUT2D eigenvalue weighted by Gasteiger charge is 2.07. The smallest absolute Gasteiger partial charge is 0.221 e. The van der Waals surface area contributed by atoms with Gasteiger partial charge in [0.1, 0.15) is 30.5 Å². The summed E-state index contributed by atoms with van der Waals surface area (Å²) >= 11 is 0. The summed E-state index contributed by atoms with van der Waals surface area (Å²) in [5, 5.41) is 3.22. The SMILES string of the molecule is CNc1cccc(C)c1COc1cccc(OCc2ccccc2OC)c1.NNC=O. The van der Waals surface area contributed by atoms with Crippen LogP contribution in [0, 0.1) is 6.92 Å². The molecule has 3 aromatic rings. The maximum atomic E-state index is 8.94. The Kier molecular flexibility index (Phi) is 9.71. The fourth-order valence-electron chi connectivity index (χ4n) is 2.92. The number of ether oxygens (including phenoxy) is 3. The quantitative estimate of drug-likeness (QED) is 0.210. The van der Waals surface area contributed by atoms with Crippen LogP contribution < -0.4 is 30.8 Å². The molecule has 7 nitrogen and oxygen atoms in total. The van der Waals surface area contributed by atoms with Crippen molar-refractivity contribution in [1.82, 2.24) is 5.43 Å². The number of carbonyl (C=O) groups is 1. The van der Waals surface area contributed by atoms with Crippen molar-refractivity contribution in [1.29, 1.82) is 0 Å². The van der Waals surface area contributed by atoms with Gasteiger partial charge in [-0.25, -0.2) is 5.84 Å². The second-order valence-electron chi connectivity index (χ2n) is 6.50. The fraction of sp³-hybridized carbons (Fsp3) is 0.208. The molecule has 0 heterocycles. The molecule has 0 spiro atoms. The molecule has 7 heteroatoms. The molecule has 3 aromatic carbocycles. The molecule has 0 fully saturated rings. The maximum absolute atomic E-state index is 8.94. The van der Waals surface area contributed by atoms with Gasteiger partial charge in [0.15, 0.2) is 0 Å². The minimum atomic E-state index is 0.403. The number of para-hydroxylation sites is 1. The number of methoxy groups -OCH3 is 1. The Morgan fingerprint density at radius 3 is 2.23 bits per heavy atom. The third-order valence-electron chi connectivity index (χ3n) is 4.52. The summed E-state index contributed by atoms with van der Waals surface area (Å²) in [5.41, 5.74) is 6.19. The van der Waals surface area contributed by atoms with E-state index in [2.05, 4.69) is 30.2 Å². The predicted octanol–water partition coefficient (Wildman–Crippen LogP) is 3.81. The van der Waals surface area contributed by atoms with Gasteiger partial charge in [0.25, 0.3) is 0 Å². The average molecular weight is 424 g/mol. The van der Waals surface area contributed by atoms with Crippen LogP contribution in [0.4, 0.5) is 5.69 Å². The Morgan fingerprint density at radius 1 is 0.935 bits per heavy atom. The number of hydrazine groups is 1. The summed E-state index contributed by atoms with van der Waals surface area (Å²) in [7, 11) is 3.59. The number of nitrogens with one attached hydrogen (secondary N) is 2. The molecule has 0 aromatic heterocycles. The average Bonchev–Trinajstić information content (AvgIpc) is 2.82. The molecule has 0 unspecified atom stereocenters. The molecule has 1 amide bonds. The van der Waals surface area contributed by atoms with Crippen molar-refractivity contribution in [2.45, 2.75) is 20.1 Å². The van der Waals surface area contributed by atoms with E-state index < -0.39 is 0 Å². The largest absolute Gasteiger partial charge is 0.496 e. The molecular weight excluding hydrogens is 394 g/mol. The number of hydrogen-bond donors (Lipinski definition) is 3. The zero-order valence-corrected chi connectivity index (χ0v) is 18.1. The molecule has 3 rings (SSSR count). The van der Waals surface area contributed by atoms with Gasteiger partial charge in [-0.2, -0.15) is 0 Å². The lowest BCUT2D eigenvalue weighted by atomic mass is 10.1. The first kappa shape index (κ1) is 23.6. The van der Waals surface area contributed by atoms with Crippen molar-refractivity contribution < 1.29 is 19.0 Å². The molecule has 164 valence electrons. The van der Waals surface area contributed by atoms with Crippen LogP contribution in [0.5, 0.6) is 17.2 Å². The van der Waals surface area contributed by atoms with Gasteiger partial charge in [-0.1, -0.05) is 36.4 Å². The zero-order chi connectivity index (χ0) is 22.5. The van der Waals surface area contributed by atoms with Gasteiger partial charge in [-0.3, -0.25) is 10.2 Å². The first-order valence-corrected chi connectivity index (χ1v) is 9.76. The highest BCUT2D eigenvalue weighted by atomic mass is 16.5. The van der Waals surface area contributed by atoms with Gasteiger partial charge in [-0.15, -0.1) is 0 Å². The predicted molar refractivity (Wildman–Crippen MR) is 122 cm³/mol. The number of hydrogen-bond acceptors (Lipinski definition) is 6. The van der Waals surface area contributed by atoms with Crippen LogP contribution in [0.15, 0.2) is 66.7 Å². The van der Waals surface area contributed by atoms with E-state index in [0.29, 0.717) is 19.6 Å². The Balaban J connectivity index is 0.000000785. The molecular formula is C24H29N3O4. The summed E-state index contributed by atoms with van der Waals surface area (Å²) in [6, 6.07) is 21.7. The van der Waals surface area contributed by atoms with Gasteiger partial charge in [0, 0.05) is 29.9 Å². The zero-order valence-electron chi connectivity index (χ0n) is 18.1. The lowest BCUT2D eigenvalue weighted by molar-refractivity contribution is -0.109. The number of aryl methyl sites for hydroxylation is 1. The van der Waals surface area contributed by atoms with E-state index >= 15 is 0 Å². The normalized spacial score (nSPS) is 9.68. The summed E-state index contributed by atoms with van der Waals surface area (Å²) in [4.78, 5) is 8.94. The van der Waals surface area contributed by atoms with Crippen molar-refractivity contribution in [3.8, 4) is 17.2 Å². The minimum absolute atomic E-state index is 0.403. The van der Waals surface area contributed by atoms with Crippen molar-refractivity contribution in [3.05, 3.63) is 83.4 Å². The second-order valence-corrected chi connectivity index (χ2v) is 6.50. The van der Waals surface area contributed by atoms with Gasteiger partial charge in [0.05, 0.1) is 7.11 Å². The standard InChI is InChI=1S/C23H25NO3.CH4N2O/c1-17-8-6-12-22(24-2)21(17)16-27-20-11-7-10-19(14-20)26-15-18-9-4-5-13-23(18)25-3;2-3-1-4/h4-14,24H,15-16H2,1-3H3;1H,2H2,(H,3,4).